The van der Waals surface area contributed by atoms with Crippen LogP contribution in [0.2, 0.25) is 0 Å². The maximum atomic E-state index is 13.6. The normalized spacial score (nSPS) is 12.1. The zero-order valence-electron chi connectivity index (χ0n) is 21.0. The standard InChI is InChI=1S/C30H24Br3N3O2/c1-30(2,3)29-35-26-12-11-20(31)14-23(26)28(37)36(29)34-16-24-22-7-5-4-6-18(22)9-13-27(24)38-17-19-8-10-21(32)15-25(19)33/h4-16H,17H2,1-3H3. The second kappa shape index (κ2) is 10.8. The lowest BCUT2D eigenvalue weighted by molar-refractivity contribution is 0.305. The number of benzene rings is 4. The van der Waals surface area contributed by atoms with Crippen LogP contribution in [0.1, 0.15) is 37.7 Å². The van der Waals surface area contributed by atoms with Gasteiger partial charge in [-0.05, 0) is 47.2 Å². The van der Waals surface area contributed by atoms with E-state index in [-0.39, 0.29) is 5.56 Å². The molecule has 0 spiro atoms. The summed E-state index contributed by atoms with van der Waals surface area (Å²) in [7, 11) is 0. The predicted molar refractivity (Wildman–Crippen MR) is 166 cm³/mol. The number of rotatable bonds is 5. The van der Waals surface area contributed by atoms with Gasteiger partial charge in [0.1, 0.15) is 18.2 Å². The molecule has 192 valence electrons. The first kappa shape index (κ1) is 26.8. The van der Waals surface area contributed by atoms with Crippen molar-refractivity contribution in [2.24, 2.45) is 5.10 Å². The van der Waals surface area contributed by atoms with Crippen molar-refractivity contribution in [3.8, 4) is 5.75 Å². The van der Waals surface area contributed by atoms with E-state index < -0.39 is 5.41 Å². The van der Waals surface area contributed by atoms with Crippen LogP contribution in [0.25, 0.3) is 21.7 Å². The maximum absolute atomic E-state index is 13.6. The molecule has 4 aromatic carbocycles. The lowest BCUT2D eigenvalue weighted by Crippen LogP contribution is -2.29. The van der Waals surface area contributed by atoms with Gasteiger partial charge in [-0.3, -0.25) is 4.79 Å². The third-order valence-electron chi connectivity index (χ3n) is 6.11. The van der Waals surface area contributed by atoms with Gasteiger partial charge in [-0.2, -0.15) is 9.78 Å². The molecule has 0 radical (unpaired) electrons. The predicted octanol–water partition coefficient (Wildman–Crippen LogP) is 8.60. The highest BCUT2D eigenvalue weighted by molar-refractivity contribution is 9.11. The van der Waals surface area contributed by atoms with Crippen LogP contribution in [0, 0.1) is 0 Å². The van der Waals surface area contributed by atoms with E-state index in [0.29, 0.717) is 29.1 Å². The Balaban J connectivity index is 1.64. The van der Waals surface area contributed by atoms with Crippen molar-refractivity contribution in [1.29, 1.82) is 0 Å². The molecule has 0 bridgehead atoms. The van der Waals surface area contributed by atoms with Crippen molar-refractivity contribution in [2.75, 3.05) is 0 Å². The molecule has 0 aliphatic carbocycles. The Morgan fingerprint density at radius 1 is 0.921 bits per heavy atom. The molecular weight excluding hydrogens is 674 g/mol. The Hall–Kier alpha value is -2.81. The Bertz CT molecular complexity index is 1770. The minimum Gasteiger partial charge on any atom is -0.488 e. The van der Waals surface area contributed by atoms with Crippen molar-refractivity contribution in [3.05, 3.63) is 114 Å². The molecule has 38 heavy (non-hydrogen) atoms. The van der Waals surface area contributed by atoms with Crippen LogP contribution in [0.15, 0.2) is 96.1 Å². The fraction of sp³-hybridized carbons (Fsp3) is 0.167. The van der Waals surface area contributed by atoms with E-state index >= 15 is 0 Å². The summed E-state index contributed by atoms with van der Waals surface area (Å²) in [5.74, 6) is 1.25. The molecule has 0 aliphatic heterocycles. The highest BCUT2D eigenvalue weighted by Crippen LogP contribution is 2.30. The molecule has 0 fully saturated rings. The first-order chi connectivity index (χ1) is 18.1. The average Bonchev–Trinajstić information content (AvgIpc) is 2.87. The van der Waals surface area contributed by atoms with Gasteiger partial charge in [-0.1, -0.05) is 105 Å². The molecule has 0 unspecified atom stereocenters. The molecule has 0 saturated heterocycles. The summed E-state index contributed by atoms with van der Waals surface area (Å²) in [6.07, 6.45) is 1.70. The van der Waals surface area contributed by atoms with E-state index in [1.54, 1.807) is 12.3 Å². The average molecular weight is 698 g/mol. The SMILES string of the molecule is CC(C)(C)c1nc2ccc(Br)cc2c(=O)n1N=Cc1c(OCc2ccc(Br)cc2Br)ccc2ccccc12. The summed E-state index contributed by atoms with van der Waals surface area (Å²) in [5.41, 5.74) is 1.81. The van der Waals surface area contributed by atoms with Crippen molar-refractivity contribution < 1.29 is 4.74 Å². The van der Waals surface area contributed by atoms with Gasteiger partial charge in [0.25, 0.3) is 5.56 Å². The second-order valence-electron chi connectivity index (χ2n) is 9.93. The monoisotopic (exact) mass is 695 g/mol. The van der Waals surface area contributed by atoms with Gasteiger partial charge in [0.15, 0.2) is 0 Å². The number of halogens is 3. The third-order valence-corrected chi connectivity index (χ3v) is 7.84. The topological polar surface area (TPSA) is 56.5 Å². The molecule has 5 aromatic rings. The fourth-order valence-electron chi connectivity index (χ4n) is 4.19. The van der Waals surface area contributed by atoms with Gasteiger partial charge in [-0.15, -0.1) is 0 Å². The molecular formula is C30H24Br3N3O2. The number of hydrogen-bond acceptors (Lipinski definition) is 4. The molecule has 0 saturated carbocycles. The number of nitrogens with zero attached hydrogens (tertiary/aromatic N) is 3. The van der Waals surface area contributed by atoms with E-state index in [1.807, 2.05) is 87.5 Å². The Morgan fingerprint density at radius 2 is 1.66 bits per heavy atom. The van der Waals surface area contributed by atoms with Crippen molar-refractivity contribution in [2.45, 2.75) is 32.8 Å². The van der Waals surface area contributed by atoms with Gasteiger partial charge < -0.3 is 4.74 Å². The minimum atomic E-state index is -0.413. The van der Waals surface area contributed by atoms with Gasteiger partial charge in [-0.25, -0.2) is 4.98 Å². The fourth-order valence-corrected chi connectivity index (χ4v) is 5.71. The van der Waals surface area contributed by atoms with Crippen molar-refractivity contribution in [3.63, 3.8) is 0 Å². The van der Waals surface area contributed by atoms with Crippen molar-refractivity contribution in [1.82, 2.24) is 9.66 Å². The summed E-state index contributed by atoms with van der Waals surface area (Å²) in [6, 6.07) is 23.5. The molecule has 0 N–H and O–H groups in total. The highest BCUT2D eigenvalue weighted by Gasteiger charge is 2.23. The first-order valence-electron chi connectivity index (χ1n) is 12.0. The minimum absolute atomic E-state index is 0.223. The van der Waals surface area contributed by atoms with Crippen LogP contribution in [-0.2, 0) is 12.0 Å². The number of hydrogen-bond donors (Lipinski definition) is 0. The van der Waals surface area contributed by atoms with Crippen LogP contribution < -0.4 is 10.3 Å². The molecule has 0 atom stereocenters. The zero-order chi connectivity index (χ0) is 27.0. The quantitative estimate of drug-likeness (QED) is 0.173. The first-order valence-corrected chi connectivity index (χ1v) is 14.4. The van der Waals surface area contributed by atoms with E-state index in [1.165, 1.54) is 4.68 Å². The summed E-state index contributed by atoms with van der Waals surface area (Å²) in [4.78, 5) is 18.5. The molecule has 5 rings (SSSR count). The Morgan fingerprint density at radius 3 is 2.42 bits per heavy atom. The maximum Gasteiger partial charge on any atom is 0.282 e. The smallest absolute Gasteiger partial charge is 0.282 e. The zero-order valence-corrected chi connectivity index (χ0v) is 25.8. The molecule has 1 heterocycles. The Kier molecular flexibility index (Phi) is 7.58. The van der Waals surface area contributed by atoms with Crippen LogP contribution in [-0.4, -0.2) is 15.9 Å². The van der Waals surface area contributed by atoms with E-state index in [0.717, 1.165) is 35.3 Å². The third kappa shape index (κ3) is 5.48. The van der Waals surface area contributed by atoms with Gasteiger partial charge >= 0.3 is 0 Å². The lowest BCUT2D eigenvalue weighted by Gasteiger charge is -2.21. The molecule has 0 amide bonds. The van der Waals surface area contributed by atoms with Crippen molar-refractivity contribution >= 4 is 75.7 Å². The molecule has 0 aliphatic rings. The highest BCUT2D eigenvalue weighted by atomic mass is 79.9. The van der Waals surface area contributed by atoms with Gasteiger partial charge in [0, 0.05) is 30.0 Å². The summed E-state index contributed by atoms with van der Waals surface area (Å²) < 4.78 is 10.5. The summed E-state index contributed by atoms with van der Waals surface area (Å²) in [6.45, 7) is 6.43. The number of fused-ring (bicyclic) bond motifs is 2. The van der Waals surface area contributed by atoms with E-state index in [9.17, 15) is 4.79 Å². The molecule has 5 nitrogen and oxygen atoms in total. The van der Waals surface area contributed by atoms with Gasteiger partial charge in [0.2, 0.25) is 0 Å². The Labute approximate surface area is 245 Å². The molecule has 1 aromatic heterocycles. The van der Waals surface area contributed by atoms with Crippen LogP contribution >= 0.6 is 47.8 Å². The number of ether oxygens (including phenoxy) is 1. The second-order valence-corrected chi connectivity index (χ2v) is 12.6. The largest absolute Gasteiger partial charge is 0.488 e. The van der Waals surface area contributed by atoms with Crippen LogP contribution in [0.5, 0.6) is 5.75 Å². The van der Waals surface area contributed by atoms with Crippen LogP contribution in [0.4, 0.5) is 0 Å². The summed E-state index contributed by atoms with van der Waals surface area (Å²) >= 11 is 10.6. The van der Waals surface area contributed by atoms with E-state index in [4.69, 9.17) is 14.8 Å². The molecule has 8 heteroatoms. The summed E-state index contributed by atoms with van der Waals surface area (Å²) in [5, 5.41) is 7.25. The van der Waals surface area contributed by atoms with E-state index in [2.05, 4.69) is 47.8 Å². The van der Waals surface area contributed by atoms with Crippen LogP contribution in [0.3, 0.4) is 0 Å². The van der Waals surface area contributed by atoms with Gasteiger partial charge in [0.05, 0.1) is 17.1 Å². The number of aromatic nitrogens is 2. The lowest BCUT2D eigenvalue weighted by atomic mass is 9.95.